The second-order valence-corrected chi connectivity index (χ2v) is 6.24. The van der Waals surface area contributed by atoms with Gasteiger partial charge in [-0.3, -0.25) is 10.1 Å². The maximum absolute atomic E-state index is 12.1. The van der Waals surface area contributed by atoms with Gasteiger partial charge in [0.05, 0.1) is 0 Å². The Morgan fingerprint density at radius 3 is 2.74 bits per heavy atom. The molecule has 126 valence electrons. The minimum atomic E-state index is -0.526. The number of hydrogen-bond donors (Lipinski definition) is 2. The van der Waals surface area contributed by atoms with Crippen LogP contribution in [-0.2, 0) is 0 Å². The van der Waals surface area contributed by atoms with Gasteiger partial charge in [0.2, 0.25) is 5.13 Å². The Balaban J connectivity index is 0.00000264. The minimum Gasteiger partial charge on any atom is -0.382 e. The first-order valence-corrected chi connectivity index (χ1v) is 7.76. The fourth-order valence-electron chi connectivity index (χ4n) is 1.85. The van der Waals surface area contributed by atoms with Crippen molar-refractivity contribution in [1.82, 2.24) is 20.2 Å². The summed E-state index contributed by atoms with van der Waals surface area (Å²) in [5.74, 6) is 0.350. The predicted octanol–water partition coefficient (Wildman–Crippen LogP) is 2.33. The van der Waals surface area contributed by atoms with Crippen LogP contribution in [0.25, 0.3) is 0 Å². The summed E-state index contributed by atoms with van der Waals surface area (Å²) in [5.41, 5.74) is 7.30. The Morgan fingerprint density at radius 1 is 1.48 bits per heavy atom. The molecule has 8 nitrogen and oxygen atoms in total. The summed E-state index contributed by atoms with van der Waals surface area (Å²) < 4.78 is 0. The summed E-state index contributed by atoms with van der Waals surface area (Å²) >= 11 is 7.32. The molecule has 0 spiro atoms. The fourth-order valence-corrected chi connectivity index (χ4v) is 2.56. The first kappa shape index (κ1) is 19.3. The van der Waals surface area contributed by atoms with Gasteiger partial charge in [-0.25, -0.2) is 9.97 Å². The van der Waals surface area contributed by atoms with E-state index in [2.05, 4.69) is 39.3 Å². The van der Waals surface area contributed by atoms with Crippen molar-refractivity contribution >= 4 is 58.0 Å². The number of carbonyl (C=O) groups excluding carboxylic acids is 1. The number of amides is 1. The van der Waals surface area contributed by atoms with Gasteiger partial charge >= 0.3 is 0 Å². The van der Waals surface area contributed by atoms with Crippen LogP contribution in [0.1, 0.15) is 24.3 Å². The molecule has 0 radical (unpaired) electrons. The summed E-state index contributed by atoms with van der Waals surface area (Å²) in [6.45, 7) is 4.89. The van der Waals surface area contributed by atoms with Crippen LogP contribution < -0.4 is 16.0 Å². The van der Waals surface area contributed by atoms with Crippen LogP contribution in [0.15, 0.2) is 5.51 Å². The third-order valence-corrected chi connectivity index (χ3v) is 3.52. The number of halogens is 2. The molecule has 2 aromatic rings. The zero-order valence-corrected chi connectivity index (χ0v) is 15.2. The van der Waals surface area contributed by atoms with Crippen LogP contribution in [-0.4, -0.2) is 39.7 Å². The topological polar surface area (TPSA) is 110 Å². The molecule has 3 N–H and O–H groups in total. The van der Waals surface area contributed by atoms with Crippen molar-refractivity contribution in [3.63, 3.8) is 0 Å². The summed E-state index contributed by atoms with van der Waals surface area (Å²) in [5, 5.41) is 10.4. The highest BCUT2D eigenvalue weighted by Gasteiger charge is 2.20. The number of rotatable bonds is 5. The molecule has 0 saturated carbocycles. The van der Waals surface area contributed by atoms with E-state index in [4.69, 9.17) is 17.3 Å². The van der Waals surface area contributed by atoms with Crippen molar-refractivity contribution in [2.45, 2.75) is 13.8 Å². The van der Waals surface area contributed by atoms with Gasteiger partial charge in [-0.1, -0.05) is 36.8 Å². The first-order chi connectivity index (χ1) is 10.4. The van der Waals surface area contributed by atoms with E-state index in [1.165, 1.54) is 16.8 Å². The Labute approximate surface area is 148 Å². The van der Waals surface area contributed by atoms with E-state index in [0.29, 0.717) is 16.9 Å². The Kier molecular flexibility index (Phi) is 6.92. The average Bonchev–Trinajstić information content (AvgIpc) is 2.92. The highest BCUT2D eigenvalue weighted by molar-refractivity contribution is 7.13. The smallest absolute Gasteiger partial charge is 0.279 e. The number of hydrogen-bond acceptors (Lipinski definition) is 8. The summed E-state index contributed by atoms with van der Waals surface area (Å²) in [7, 11) is 1.84. The van der Waals surface area contributed by atoms with E-state index >= 15 is 0 Å². The molecule has 0 unspecified atom stereocenters. The van der Waals surface area contributed by atoms with E-state index < -0.39 is 5.91 Å². The van der Waals surface area contributed by atoms with E-state index in [1.807, 2.05) is 11.9 Å². The molecule has 0 bridgehead atoms. The van der Waals surface area contributed by atoms with Crippen molar-refractivity contribution in [3.8, 4) is 0 Å². The molecule has 23 heavy (non-hydrogen) atoms. The second-order valence-electron chi connectivity index (χ2n) is 5.04. The highest BCUT2D eigenvalue weighted by atomic mass is 35.5. The number of nitrogen functional groups attached to an aromatic ring is 1. The molecule has 0 atom stereocenters. The Bertz CT molecular complexity index is 666. The molecule has 2 aromatic heterocycles. The molecule has 2 heterocycles. The number of anilines is 3. The molecular weight excluding hydrogens is 361 g/mol. The second kappa shape index (κ2) is 8.23. The van der Waals surface area contributed by atoms with Gasteiger partial charge in [-0.05, 0) is 5.92 Å². The minimum absolute atomic E-state index is 0. The average molecular weight is 378 g/mol. The maximum atomic E-state index is 12.1. The van der Waals surface area contributed by atoms with E-state index in [1.54, 1.807) is 0 Å². The molecule has 0 saturated heterocycles. The maximum Gasteiger partial charge on any atom is 0.279 e. The number of nitrogens with zero attached hydrogens (tertiary/aromatic N) is 5. The van der Waals surface area contributed by atoms with Crippen LogP contribution in [0.3, 0.4) is 0 Å². The summed E-state index contributed by atoms with van der Waals surface area (Å²) in [6, 6.07) is 0. The number of aromatic nitrogens is 4. The molecule has 2 rings (SSSR count). The molecular formula is C12H17Cl2N7OS. The van der Waals surface area contributed by atoms with Gasteiger partial charge in [-0.15, -0.1) is 22.6 Å². The van der Waals surface area contributed by atoms with Crippen molar-refractivity contribution in [2.75, 3.05) is 29.5 Å². The molecule has 11 heteroatoms. The SMILES string of the molecule is CC(C)CN(C)c1nc(N)c(C(=O)Nc2nncs2)nc1Cl.Cl. The van der Waals surface area contributed by atoms with Crippen LogP contribution in [0.4, 0.5) is 16.8 Å². The van der Waals surface area contributed by atoms with Gasteiger partial charge in [0.15, 0.2) is 22.5 Å². The normalized spacial score (nSPS) is 10.3. The van der Waals surface area contributed by atoms with E-state index in [9.17, 15) is 4.79 Å². The number of nitrogens with two attached hydrogens (primary N) is 1. The molecule has 0 aliphatic heterocycles. The Hall–Kier alpha value is -1.71. The van der Waals surface area contributed by atoms with Gasteiger partial charge in [-0.2, -0.15) is 0 Å². The third-order valence-electron chi connectivity index (χ3n) is 2.66. The van der Waals surface area contributed by atoms with Crippen molar-refractivity contribution in [3.05, 3.63) is 16.4 Å². The van der Waals surface area contributed by atoms with Crippen molar-refractivity contribution in [2.24, 2.45) is 5.92 Å². The summed E-state index contributed by atoms with van der Waals surface area (Å²) in [6.07, 6.45) is 0. The molecule has 0 aromatic carbocycles. The van der Waals surface area contributed by atoms with Crippen molar-refractivity contribution < 1.29 is 4.79 Å². The lowest BCUT2D eigenvalue weighted by Gasteiger charge is -2.21. The summed E-state index contributed by atoms with van der Waals surface area (Å²) in [4.78, 5) is 22.2. The largest absolute Gasteiger partial charge is 0.382 e. The van der Waals surface area contributed by atoms with Crippen LogP contribution in [0, 0.1) is 5.92 Å². The van der Waals surface area contributed by atoms with Crippen LogP contribution in [0.2, 0.25) is 5.15 Å². The predicted molar refractivity (Wildman–Crippen MR) is 94.7 cm³/mol. The van der Waals surface area contributed by atoms with Gasteiger partial charge in [0.1, 0.15) is 5.51 Å². The standard InChI is InChI=1S/C12H16ClN7OS.ClH/c1-6(2)4-20(3)10-8(13)16-7(9(14)17-10)11(21)18-12-19-15-5-22-12;/h5-6H,4H2,1-3H3,(H2,14,17)(H,18,19,21);1H. The molecule has 0 fully saturated rings. The molecule has 0 aliphatic rings. The van der Waals surface area contributed by atoms with Gasteiger partial charge in [0.25, 0.3) is 5.91 Å². The fraction of sp³-hybridized carbons (Fsp3) is 0.417. The third kappa shape index (κ3) is 4.88. The zero-order valence-electron chi connectivity index (χ0n) is 12.8. The first-order valence-electron chi connectivity index (χ1n) is 6.50. The van der Waals surface area contributed by atoms with Crippen molar-refractivity contribution in [1.29, 1.82) is 0 Å². The lowest BCUT2D eigenvalue weighted by atomic mass is 10.2. The lowest BCUT2D eigenvalue weighted by molar-refractivity contribution is 0.102. The quantitative estimate of drug-likeness (QED) is 0.822. The monoisotopic (exact) mass is 377 g/mol. The van der Waals surface area contributed by atoms with E-state index in [-0.39, 0.29) is 29.1 Å². The molecule has 1 amide bonds. The van der Waals surface area contributed by atoms with E-state index in [0.717, 1.165) is 6.54 Å². The highest BCUT2D eigenvalue weighted by Crippen LogP contribution is 2.24. The molecule has 0 aliphatic carbocycles. The lowest BCUT2D eigenvalue weighted by Crippen LogP contribution is -2.26. The van der Waals surface area contributed by atoms with Gasteiger partial charge in [0, 0.05) is 13.6 Å². The Morgan fingerprint density at radius 2 is 2.17 bits per heavy atom. The number of nitrogens with one attached hydrogen (secondary N) is 1. The van der Waals surface area contributed by atoms with Crippen LogP contribution in [0.5, 0.6) is 0 Å². The number of carbonyl (C=O) groups is 1. The van der Waals surface area contributed by atoms with Crippen LogP contribution >= 0.6 is 35.3 Å². The zero-order chi connectivity index (χ0) is 16.3. The van der Waals surface area contributed by atoms with Gasteiger partial charge < -0.3 is 10.6 Å².